The Labute approximate surface area is 30.6 Å². The molecule has 0 aliphatic carbocycles. The lowest BCUT2D eigenvalue weighted by atomic mass is 10.7. The van der Waals surface area contributed by atoms with Crippen LogP contribution in [0.5, 0.6) is 0 Å². The summed E-state index contributed by atoms with van der Waals surface area (Å²) < 4.78 is 9.56. The molecule has 0 unspecified atom stereocenters. The monoisotopic (exact) mass is 74.0 g/mol. The van der Waals surface area contributed by atoms with E-state index in [0.29, 0.717) is 0 Å². The summed E-state index contributed by atoms with van der Waals surface area (Å²) in [5.41, 5.74) is 0. The van der Waals surface area contributed by atoms with Crippen LogP contribution in [0, 0.1) is 0 Å². The first-order valence-corrected chi connectivity index (χ1v) is 2.95. The van der Waals surface area contributed by atoms with Gasteiger partial charge in [0.25, 0.3) is 0 Å². The average Bonchev–Trinajstić information content (AvgIpc) is 0.811. The fourth-order valence-electron chi connectivity index (χ4n) is 0. The number of hydrogen-bond acceptors (Lipinski definition) is 1. The second-order valence-corrected chi connectivity index (χ2v) is 2.22. The van der Waals surface area contributed by atoms with Crippen LogP contribution in [0.1, 0.15) is 0 Å². The van der Waals surface area contributed by atoms with Crippen molar-refractivity contribution in [2.75, 3.05) is 0 Å². The first kappa shape index (κ1) is 4.44. The predicted molar refractivity (Wildman–Crippen MR) is 25.2 cm³/mol. The Morgan fingerprint density at radius 1 is 1.50 bits per heavy atom. The zero-order chi connectivity index (χ0) is 3.58. The minimum Gasteiger partial charge on any atom is -0.654 e. The molecule has 0 heterocycles. The molecule has 0 saturated heterocycles. The largest absolute Gasteiger partial charge is 0.654 e. The highest BCUT2D eigenvalue weighted by Gasteiger charge is 1.70. The summed E-state index contributed by atoms with van der Waals surface area (Å²) in [6, 6.07) is 0. The summed E-state index contributed by atoms with van der Waals surface area (Å²) in [6.07, 6.45) is 0. The van der Waals surface area contributed by atoms with Gasteiger partial charge in [-0.15, -0.1) is 0 Å². The molecule has 0 N–H and O–H groups in total. The average molecular weight is 73.7 g/mol. The third-order valence-electron chi connectivity index (χ3n) is 0. The Morgan fingerprint density at radius 3 is 1.50 bits per heavy atom. The minimum absolute atomic E-state index is 0.611. The summed E-state index contributed by atoms with van der Waals surface area (Å²) in [5.74, 6) is 0. The molecule has 0 fully saturated rings. The predicted octanol–water partition coefficient (Wildman–Crippen LogP) is -2.17. The van der Waals surface area contributed by atoms with Gasteiger partial charge in [-0.1, -0.05) is 0 Å². The van der Waals surface area contributed by atoms with Crippen molar-refractivity contribution in [2.45, 2.75) is 0 Å². The summed E-state index contributed by atoms with van der Waals surface area (Å²) >= 11 is 0. The fraction of sp³-hybridized carbons (Fsp3) is 0. The lowest BCUT2D eigenvalue weighted by Crippen LogP contribution is -1.92. The lowest BCUT2D eigenvalue weighted by molar-refractivity contribution is 0.620. The molecule has 0 spiro atoms. The molecule has 4 heteroatoms. The molecule has 0 saturated carbocycles. The maximum Gasteiger partial charge on any atom is 0.354 e. The van der Waals surface area contributed by atoms with E-state index in [1.165, 1.54) is 0 Å². The van der Waals surface area contributed by atoms with E-state index in [1.54, 1.807) is 14.2 Å². The molecule has 4 heavy (non-hydrogen) atoms. The zero-order valence-electron chi connectivity index (χ0n) is 2.82. The van der Waals surface area contributed by atoms with Gasteiger partial charge in [-0.3, -0.25) is 0 Å². The minimum atomic E-state index is -0.611. The first-order chi connectivity index (χ1) is 1.73. The van der Waals surface area contributed by atoms with E-state index in [9.17, 15) is 4.55 Å². The van der Waals surface area contributed by atoms with E-state index in [1.807, 2.05) is 0 Å². The molecule has 0 bridgehead atoms. The van der Waals surface area contributed by atoms with Gasteiger partial charge in [0.15, 0.2) is 0 Å². The molecule has 0 aromatic heterocycles. The summed E-state index contributed by atoms with van der Waals surface area (Å²) in [4.78, 5) is 0. The van der Waals surface area contributed by atoms with Crippen molar-refractivity contribution in [3.63, 3.8) is 0 Å². The van der Waals surface area contributed by atoms with Crippen LogP contribution in [-0.4, -0.2) is 18.8 Å². The SMILES string of the molecule is B[S+](B)[O-]. The van der Waals surface area contributed by atoms with Gasteiger partial charge >= 0.3 is 14.2 Å². The lowest BCUT2D eigenvalue weighted by Gasteiger charge is -1.91. The third kappa shape index (κ3) is 26.1. The second-order valence-electron chi connectivity index (χ2n) is 0.742. The van der Waals surface area contributed by atoms with Crippen molar-refractivity contribution < 1.29 is 4.55 Å². The van der Waals surface area contributed by atoms with E-state index in [0.717, 1.165) is 0 Å². The number of rotatable bonds is 0. The highest BCUT2D eigenvalue weighted by atomic mass is 32.2. The Balaban J connectivity index is 2.32. The molecule has 0 aliphatic rings. The molecule has 0 rings (SSSR count). The van der Waals surface area contributed by atoms with Crippen LogP contribution < -0.4 is 0 Å². The zero-order valence-corrected chi connectivity index (χ0v) is 3.63. The van der Waals surface area contributed by atoms with Gasteiger partial charge in [-0.2, -0.15) is 0 Å². The highest BCUT2D eigenvalue weighted by molar-refractivity contribution is 8.29. The number of hydrogen-bond donors (Lipinski definition) is 0. The van der Waals surface area contributed by atoms with E-state index in [-0.39, 0.29) is 0 Å². The van der Waals surface area contributed by atoms with E-state index in [2.05, 4.69) is 0 Å². The molecule has 0 atom stereocenters. The molecule has 22 valence electrons. The smallest absolute Gasteiger partial charge is 0.354 e. The molecular formula is H4B2OS. The van der Waals surface area contributed by atoms with Gasteiger partial charge in [0.05, 0.1) is 0 Å². The van der Waals surface area contributed by atoms with Crippen LogP contribution in [0.25, 0.3) is 0 Å². The second kappa shape index (κ2) is 1.73. The fourth-order valence-corrected chi connectivity index (χ4v) is 0. The summed E-state index contributed by atoms with van der Waals surface area (Å²) in [5, 5.41) is 0. The first-order valence-electron chi connectivity index (χ1n) is 0.983. The van der Waals surface area contributed by atoms with Crippen molar-refractivity contribution in [3.8, 4) is 0 Å². The van der Waals surface area contributed by atoms with E-state index < -0.39 is 10.9 Å². The third-order valence-corrected chi connectivity index (χ3v) is 0. The Morgan fingerprint density at radius 2 is 1.50 bits per heavy atom. The quantitative estimate of drug-likeness (QED) is 0.237. The van der Waals surface area contributed by atoms with Crippen molar-refractivity contribution >= 4 is 25.1 Å². The normalized spacial score (nSPS) is 8.50. The molecule has 0 aliphatic heterocycles. The van der Waals surface area contributed by atoms with Crippen LogP contribution in [0.3, 0.4) is 0 Å². The molecule has 0 aromatic rings. The van der Waals surface area contributed by atoms with Crippen molar-refractivity contribution in [3.05, 3.63) is 0 Å². The Bertz CT molecular complexity index is 10.8. The van der Waals surface area contributed by atoms with Crippen molar-refractivity contribution in [1.82, 2.24) is 0 Å². The maximum absolute atomic E-state index is 9.56. The van der Waals surface area contributed by atoms with E-state index >= 15 is 0 Å². The molecule has 1 nitrogen and oxygen atoms in total. The standard InChI is InChI=1S/B2H4OS/c1-4(2)3/h1-2H2. The molecule has 0 amide bonds. The Hall–Kier alpha value is 0.440. The van der Waals surface area contributed by atoms with Crippen LogP contribution in [0.15, 0.2) is 0 Å². The van der Waals surface area contributed by atoms with Gasteiger partial charge < -0.3 is 4.55 Å². The van der Waals surface area contributed by atoms with E-state index in [4.69, 9.17) is 0 Å². The van der Waals surface area contributed by atoms with Crippen LogP contribution in [0.4, 0.5) is 0 Å². The summed E-state index contributed by atoms with van der Waals surface area (Å²) in [7, 11) is 2.67. The van der Waals surface area contributed by atoms with Gasteiger partial charge in [0.2, 0.25) is 0 Å². The molecule has 0 radical (unpaired) electrons. The Kier molecular flexibility index (Phi) is 1.92. The van der Waals surface area contributed by atoms with Crippen molar-refractivity contribution in [1.29, 1.82) is 0 Å². The molecule has 0 aromatic carbocycles. The van der Waals surface area contributed by atoms with Gasteiger partial charge in [-0.25, -0.2) is 10.9 Å². The van der Waals surface area contributed by atoms with Crippen LogP contribution in [0.2, 0.25) is 0 Å². The van der Waals surface area contributed by atoms with Crippen LogP contribution >= 0.6 is 0 Å². The maximum atomic E-state index is 9.56. The highest BCUT2D eigenvalue weighted by Crippen LogP contribution is 1.56. The summed E-state index contributed by atoms with van der Waals surface area (Å²) in [6.45, 7) is 0. The van der Waals surface area contributed by atoms with Gasteiger partial charge in [0, 0.05) is 0 Å². The van der Waals surface area contributed by atoms with Crippen molar-refractivity contribution in [2.24, 2.45) is 0 Å². The van der Waals surface area contributed by atoms with Gasteiger partial charge in [0.1, 0.15) is 0 Å². The van der Waals surface area contributed by atoms with Gasteiger partial charge in [-0.05, 0) is 0 Å². The topological polar surface area (TPSA) is 23.1 Å². The van der Waals surface area contributed by atoms with Crippen LogP contribution in [-0.2, 0) is 10.9 Å². The molecular weight excluding hydrogens is 69.7 g/mol.